The molecule has 1 aliphatic rings. The number of alkyl halides is 3. The Morgan fingerprint density at radius 3 is 2.45 bits per heavy atom. The minimum Gasteiger partial charge on any atom is -0.239 e. The first-order chi connectivity index (χ1) is 10.3. The van der Waals surface area contributed by atoms with Crippen molar-refractivity contribution in [3.05, 3.63) is 41.5 Å². The molecule has 0 spiro atoms. The zero-order valence-corrected chi connectivity index (χ0v) is 11.6. The topological polar surface area (TPSA) is 64.8 Å². The fourth-order valence-electron chi connectivity index (χ4n) is 2.32. The van der Waals surface area contributed by atoms with Gasteiger partial charge in [-0.05, 0) is 17.7 Å². The Morgan fingerprint density at radius 2 is 1.86 bits per heavy atom. The Hall–Kier alpha value is -1.97. The molecule has 2 atom stereocenters. The normalized spacial score (nSPS) is 21.3. The number of sulfone groups is 1. The summed E-state index contributed by atoms with van der Waals surface area (Å²) in [6, 6.07) is 4.39. The summed E-state index contributed by atoms with van der Waals surface area (Å²) in [7, 11) is -4.99. The van der Waals surface area contributed by atoms with E-state index in [0.29, 0.717) is 5.56 Å². The van der Waals surface area contributed by atoms with Crippen molar-refractivity contribution in [3.8, 4) is 0 Å². The van der Waals surface area contributed by atoms with Crippen molar-refractivity contribution >= 4 is 9.84 Å². The highest BCUT2D eigenvalue weighted by atomic mass is 32.2. The highest BCUT2D eigenvalue weighted by Gasteiger charge is 2.40. The summed E-state index contributed by atoms with van der Waals surface area (Å²) in [5.74, 6) is -4.50. The molecule has 0 radical (unpaired) electrons. The van der Waals surface area contributed by atoms with Gasteiger partial charge in [0.2, 0.25) is 0 Å². The fourth-order valence-corrected chi connectivity index (χ4v) is 2.90. The van der Waals surface area contributed by atoms with Crippen LogP contribution in [0, 0.1) is 5.82 Å². The van der Waals surface area contributed by atoms with Crippen LogP contribution < -0.4 is 0 Å². The van der Waals surface area contributed by atoms with Crippen molar-refractivity contribution in [1.29, 1.82) is 0 Å². The first kappa shape index (κ1) is 14.9. The third kappa shape index (κ3) is 2.27. The number of halogens is 4. The van der Waals surface area contributed by atoms with E-state index in [9.17, 15) is 26.0 Å². The molecule has 0 aliphatic carbocycles. The van der Waals surface area contributed by atoms with Gasteiger partial charge in [-0.2, -0.15) is 13.8 Å². The summed E-state index contributed by atoms with van der Waals surface area (Å²) in [6.45, 7) is 0. The molecule has 1 aromatic carbocycles. The Bertz CT molecular complexity index is 804. The van der Waals surface area contributed by atoms with Crippen LogP contribution in [0.2, 0.25) is 0 Å². The molecule has 5 nitrogen and oxygen atoms in total. The summed E-state index contributed by atoms with van der Waals surface area (Å²) in [5, 5.41) is 2.41. The van der Waals surface area contributed by atoms with Gasteiger partial charge in [-0.15, -0.1) is 5.10 Å². The summed E-state index contributed by atoms with van der Waals surface area (Å²) in [4.78, 5) is 3.39. The lowest BCUT2D eigenvalue weighted by molar-refractivity contribution is 0.233. The summed E-state index contributed by atoms with van der Waals surface area (Å²) in [5.41, 5.74) is 0.480. The number of nitrogens with zero attached hydrogens (tertiary/aromatic N) is 3. The maximum absolute atomic E-state index is 14.0. The lowest BCUT2D eigenvalue weighted by Crippen LogP contribution is -2.15. The van der Waals surface area contributed by atoms with Crippen LogP contribution in [-0.4, -0.2) is 28.9 Å². The van der Waals surface area contributed by atoms with Crippen LogP contribution in [0.5, 0.6) is 0 Å². The first-order valence-electron chi connectivity index (χ1n) is 6.18. The summed E-state index contributed by atoms with van der Waals surface area (Å²) in [6.07, 6.45) is -1.71. The minimum absolute atomic E-state index is 0.0734. The van der Waals surface area contributed by atoms with Gasteiger partial charge in [-0.1, -0.05) is 12.1 Å². The zero-order valence-electron chi connectivity index (χ0n) is 10.8. The predicted molar refractivity (Wildman–Crippen MR) is 66.2 cm³/mol. The average Bonchev–Trinajstić information content (AvgIpc) is 3.01. The maximum Gasteiger partial charge on any atom is 0.344 e. The number of hydrogen-bond donors (Lipinski definition) is 0. The Kier molecular flexibility index (Phi) is 3.42. The molecule has 2 aromatic rings. The molecule has 0 N–H and O–H groups in total. The van der Waals surface area contributed by atoms with Gasteiger partial charge in [-0.25, -0.2) is 21.9 Å². The van der Waals surface area contributed by atoms with Gasteiger partial charge < -0.3 is 0 Å². The van der Waals surface area contributed by atoms with Gasteiger partial charge >= 0.3 is 5.76 Å². The molecule has 0 saturated carbocycles. The molecule has 0 unspecified atom stereocenters. The van der Waals surface area contributed by atoms with Crippen LogP contribution in [0.25, 0.3) is 0 Å². The van der Waals surface area contributed by atoms with E-state index >= 15 is 0 Å². The molecule has 0 saturated heterocycles. The largest absolute Gasteiger partial charge is 0.344 e. The molecule has 3 rings (SSSR count). The van der Waals surface area contributed by atoms with Crippen LogP contribution in [0.15, 0.2) is 29.4 Å². The molecule has 0 fully saturated rings. The quantitative estimate of drug-likeness (QED) is 0.808. The second-order valence-corrected chi connectivity index (χ2v) is 6.58. The van der Waals surface area contributed by atoms with Gasteiger partial charge in [0.25, 0.3) is 15.0 Å². The monoisotopic (exact) mass is 335 g/mol. The molecule has 0 amide bonds. The SMILES string of the molecule is O=S(=O)(c1nc2n(n1)[C@H](c1ccc(F)cc1)C[C@@H]2F)C(F)F. The molecule has 1 aromatic heterocycles. The van der Waals surface area contributed by atoms with Crippen LogP contribution >= 0.6 is 0 Å². The summed E-state index contributed by atoms with van der Waals surface area (Å²) >= 11 is 0. The van der Waals surface area contributed by atoms with E-state index in [-0.39, 0.29) is 12.2 Å². The Morgan fingerprint density at radius 1 is 1.23 bits per heavy atom. The molecule has 10 heteroatoms. The van der Waals surface area contributed by atoms with E-state index in [2.05, 4.69) is 10.1 Å². The van der Waals surface area contributed by atoms with Crippen LogP contribution in [0.4, 0.5) is 17.6 Å². The van der Waals surface area contributed by atoms with Crippen molar-refractivity contribution in [2.75, 3.05) is 0 Å². The number of rotatable bonds is 3. The third-order valence-electron chi connectivity index (χ3n) is 3.39. The van der Waals surface area contributed by atoms with Gasteiger partial charge in [0.05, 0.1) is 6.04 Å². The average molecular weight is 335 g/mol. The highest BCUT2D eigenvalue weighted by molar-refractivity contribution is 7.91. The molecule has 1 aliphatic heterocycles. The standard InChI is InChI=1S/C12H9F4N3O2S/c13-7-3-1-6(2-4-7)9-5-8(14)10-17-12(18-19(9)10)22(20,21)11(15)16/h1-4,8-9,11H,5H2/t8-,9-/m0/s1. The number of hydrogen-bond acceptors (Lipinski definition) is 4. The fraction of sp³-hybridized carbons (Fsp3) is 0.333. The van der Waals surface area contributed by atoms with Crippen molar-refractivity contribution in [2.24, 2.45) is 0 Å². The summed E-state index contributed by atoms with van der Waals surface area (Å²) < 4.78 is 75.6. The van der Waals surface area contributed by atoms with E-state index in [1.54, 1.807) is 0 Å². The van der Waals surface area contributed by atoms with E-state index in [4.69, 9.17) is 0 Å². The molecule has 2 heterocycles. The van der Waals surface area contributed by atoms with Crippen LogP contribution in [-0.2, 0) is 9.84 Å². The second kappa shape index (κ2) is 5.04. The molecular formula is C12H9F4N3O2S. The van der Waals surface area contributed by atoms with Gasteiger partial charge in [0, 0.05) is 6.42 Å². The van der Waals surface area contributed by atoms with E-state index in [1.807, 2.05) is 0 Å². The number of aromatic nitrogens is 3. The van der Waals surface area contributed by atoms with Gasteiger partial charge in [-0.3, -0.25) is 0 Å². The molecule has 0 bridgehead atoms. The first-order valence-corrected chi connectivity index (χ1v) is 7.73. The molecule has 118 valence electrons. The third-order valence-corrected chi connectivity index (χ3v) is 4.54. The lowest BCUT2D eigenvalue weighted by atomic mass is 10.0. The zero-order chi connectivity index (χ0) is 16.1. The maximum atomic E-state index is 14.0. The van der Waals surface area contributed by atoms with Crippen molar-refractivity contribution in [2.45, 2.75) is 29.5 Å². The Labute approximate surface area is 122 Å². The van der Waals surface area contributed by atoms with E-state index < -0.39 is 38.8 Å². The minimum atomic E-state index is -4.99. The van der Waals surface area contributed by atoms with Crippen LogP contribution in [0.1, 0.15) is 30.0 Å². The van der Waals surface area contributed by atoms with E-state index in [0.717, 1.165) is 16.8 Å². The van der Waals surface area contributed by atoms with Gasteiger partial charge in [0.1, 0.15) is 5.82 Å². The highest BCUT2D eigenvalue weighted by Crippen LogP contribution is 2.39. The van der Waals surface area contributed by atoms with E-state index in [1.165, 1.54) is 12.1 Å². The smallest absolute Gasteiger partial charge is 0.239 e. The predicted octanol–water partition coefficient (Wildman–Crippen LogP) is 2.42. The Balaban J connectivity index is 2.05. The number of benzene rings is 1. The molecule has 22 heavy (non-hydrogen) atoms. The van der Waals surface area contributed by atoms with Crippen LogP contribution in [0.3, 0.4) is 0 Å². The number of fused-ring (bicyclic) bond motifs is 1. The molecular weight excluding hydrogens is 326 g/mol. The van der Waals surface area contributed by atoms with Crippen molar-refractivity contribution in [3.63, 3.8) is 0 Å². The van der Waals surface area contributed by atoms with Crippen molar-refractivity contribution in [1.82, 2.24) is 14.8 Å². The van der Waals surface area contributed by atoms with Gasteiger partial charge in [0.15, 0.2) is 12.0 Å². The van der Waals surface area contributed by atoms with Crippen molar-refractivity contribution < 1.29 is 26.0 Å². The second-order valence-electron chi connectivity index (χ2n) is 4.77. The lowest BCUT2D eigenvalue weighted by Gasteiger charge is -2.11.